The number of rotatable bonds is 21. The van der Waals surface area contributed by atoms with Gasteiger partial charge in [0.1, 0.15) is 0 Å². The Morgan fingerprint density at radius 1 is 0.234 bits per heavy atom. The lowest BCUT2D eigenvalue weighted by molar-refractivity contribution is 0.237. The van der Waals surface area contributed by atoms with Crippen molar-refractivity contribution in [2.45, 2.75) is 129 Å². The zero-order valence-electron chi connectivity index (χ0n) is 67.7. The van der Waals surface area contributed by atoms with Crippen molar-refractivity contribution in [2.24, 2.45) is 22.7 Å². The third-order valence-corrected chi connectivity index (χ3v) is 25.3. The minimum atomic E-state index is 0.266. The molecule has 0 saturated carbocycles. The van der Waals surface area contributed by atoms with E-state index in [0.717, 1.165) is 32.1 Å². The average molecular weight is 1520 g/mol. The standard InChI is InChI=1S/C31H36.C30H34S2.C24H22.C22H18S2/c1-6-7-25-12-14-26(15-13-25)16-17-27-18-20-29(21-19-27)23-30(31(3,4)5)22-28-10-8-24(2)9-11-28;1-21-6-9-23(10-7-21)18-26(30(3,4)5)19-24-11-13-25(14-12-24)20-27-15-17-29(32-27)28-16-8-22(2)31-28;1-19-3-7-21(8-4-19)11-13-23-15-17-24(18-16-23)14-12-22-9-5-20(2)6-10-22;1-15-3-7-17(8-4-15)19-11-13-21(23-19)22-14-12-20(24-22)18-9-5-16(2)6-10-18/h6-21,30H,22-23H2,1-5H3;6-17,26H,18-20H2,1-5H3;3-18H,1-2H3;3-14H,1-2H3/b7-6+,17-16+;;13-11+,14-12+;. The van der Waals surface area contributed by atoms with Crippen LogP contribution in [0, 0.1) is 71.1 Å². The summed E-state index contributed by atoms with van der Waals surface area (Å²) >= 11 is 7.54. The van der Waals surface area contributed by atoms with Crippen molar-refractivity contribution in [1.82, 2.24) is 0 Å². The van der Waals surface area contributed by atoms with E-state index >= 15 is 0 Å². The maximum atomic E-state index is 2.38. The van der Waals surface area contributed by atoms with E-state index in [1.54, 1.807) is 0 Å². The molecule has 0 aliphatic rings. The third kappa shape index (κ3) is 26.0. The van der Waals surface area contributed by atoms with E-state index in [9.17, 15) is 0 Å². The van der Waals surface area contributed by atoms with Crippen molar-refractivity contribution in [1.29, 1.82) is 0 Å². The molecule has 111 heavy (non-hydrogen) atoms. The summed E-state index contributed by atoms with van der Waals surface area (Å²) in [5.74, 6) is 1.22. The molecular formula is C107H110S4. The number of thiophene rings is 4. The summed E-state index contributed by atoms with van der Waals surface area (Å²) in [6.45, 7) is 31.2. The van der Waals surface area contributed by atoms with Crippen molar-refractivity contribution in [2.75, 3.05) is 0 Å². The van der Waals surface area contributed by atoms with Crippen molar-refractivity contribution < 1.29 is 0 Å². The van der Waals surface area contributed by atoms with Crippen LogP contribution in [0.4, 0.5) is 0 Å². The molecule has 0 fully saturated rings. The molecule has 0 bridgehead atoms. The van der Waals surface area contributed by atoms with Gasteiger partial charge >= 0.3 is 0 Å². The molecule has 0 amide bonds. The molecule has 14 rings (SSSR count). The van der Waals surface area contributed by atoms with Gasteiger partial charge in [0.2, 0.25) is 0 Å². The van der Waals surface area contributed by atoms with Crippen molar-refractivity contribution in [3.63, 3.8) is 0 Å². The fourth-order valence-corrected chi connectivity index (χ4v) is 17.2. The molecule has 2 unspecified atom stereocenters. The quantitative estimate of drug-likeness (QED) is 0.0629. The third-order valence-electron chi connectivity index (χ3n) is 20.6. The first-order valence-corrected chi connectivity index (χ1v) is 42.5. The van der Waals surface area contributed by atoms with Crippen LogP contribution in [-0.4, -0.2) is 0 Å². The number of hydrogen-bond acceptors (Lipinski definition) is 4. The van der Waals surface area contributed by atoms with Crippen LogP contribution in [0.2, 0.25) is 0 Å². The molecule has 0 spiro atoms. The van der Waals surface area contributed by atoms with Crippen molar-refractivity contribution in [3.05, 3.63) is 407 Å². The highest BCUT2D eigenvalue weighted by molar-refractivity contribution is 7.25. The van der Waals surface area contributed by atoms with Gasteiger partial charge in [0.25, 0.3) is 0 Å². The second kappa shape index (κ2) is 39.7. The van der Waals surface area contributed by atoms with Gasteiger partial charge in [-0.3, -0.25) is 0 Å². The minimum Gasteiger partial charge on any atom is -0.140 e. The molecule has 0 aliphatic carbocycles. The maximum absolute atomic E-state index is 2.38. The fraction of sp³-hybridized carbons (Fsp3) is 0.215. The van der Waals surface area contributed by atoms with Crippen LogP contribution in [0.1, 0.15) is 158 Å². The van der Waals surface area contributed by atoms with Crippen molar-refractivity contribution in [3.8, 4) is 40.4 Å². The van der Waals surface area contributed by atoms with Crippen LogP contribution in [0.5, 0.6) is 0 Å². The van der Waals surface area contributed by atoms with Gasteiger partial charge in [-0.1, -0.05) is 366 Å². The van der Waals surface area contributed by atoms with Crippen LogP contribution in [0.15, 0.2) is 297 Å². The summed E-state index contributed by atoms with van der Waals surface area (Å²) in [5, 5.41) is 0. The van der Waals surface area contributed by atoms with E-state index in [0.29, 0.717) is 11.8 Å². The summed E-state index contributed by atoms with van der Waals surface area (Å²) in [7, 11) is 0. The summed E-state index contributed by atoms with van der Waals surface area (Å²) in [6, 6.07) is 106. The van der Waals surface area contributed by atoms with Gasteiger partial charge in [-0.2, -0.15) is 0 Å². The summed E-state index contributed by atoms with van der Waals surface area (Å²) in [5.41, 5.74) is 26.7. The molecule has 0 radical (unpaired) electrons. The van der Waals surface area contributed by atoms with Gasteiger partial charge in [0.15, 0.2) is 0 Å². The highest BCUT2D eigenvalue weighted by Gasteiger charge is 2.27. The largest absolute Gasteiger partial charge is 0.140 e. The van der Waals surface area contributed by atoms with Crippen molar-refractivity contribution >= 4 is 87.9 Å². The highest BCUT2D eigenvalue weighted by Crippen LogP contribution is 2.42. The second-order valence-electron chi connectivity index (χ2n) is 32.0. The van der Waals surface area contributed by atoms with Gasteiger partial charge in [-0.15, -0.1) is 45.3 Å². The van der Waals surface area contributed by atoms with E-state index in [1.165, 1.54) is 150 Å². The Morgan fingerprint density at radius 3 is 0.784 bits per heavy atom. The van der Waals surface area contributed by atoms with Crippen LogP contribution in [0.3, 0.4) is 0 Å². The molecular weight excluding hydrogens is 1410 g/mol. The van der Waals surface area contributed by atoms with Gasteiger partial charge < -0.3 is 0 Å². The first-order chi connectivity index (χ1) is 53.5. The topological polar surface area (TPSA) is 0 Å². The van der Waals surface area contributed by atoms with Gasteiger partial charge in [-0.25, -0.2) is 0 Å². The van der Waals surface area contributed by atoms with Gasteiger partial charge in [0.05, 0.1) is 0 Å². The van der Waals surface area contributed by atoms with E-state index < -0.39 is 0 Å². The molecule has 0 N–H and O–H groups in total. The van der Waals surface area contributed by atoms with Gasteiger partial charge in [0, 0.05) is 45.4 Å². The Hall–Kier alpha value is -10.0. The summed E-state index contributed by atoms with van der Waals surface area (Å²) < 4.78 is 0. The molecule has 4 heteroatoms. The number of allylic oxidation sites excluding steroid dienone is 1. The lowest BCUT2D eigenvalue weighted by Gasteiger charge is -2.31. The predicted octanol–water partition coefficient (Wildman–Crippen LogP) is 31.8. The Balaban J connectivity index is 0.000000148. The maximum Gasteiger partial charge on any atom is 0.0449 e. The highest BCUT2D eigenvalue weighted by atomic mass is 32.1. The SMILES string of the molecule is C/C=C/c1ccc(/C=C/c2ccc(CC(Cc3ccc(C)cc3)C(C)(C)C)cc2)cc1.Cc1ccc(-c2ccc(-c3ccc(-c4ccc(C)cc4)s3)s2)cc1.Cc1ccc(/C=C/c2ccc(/C=C/c3ccc(C)cc3)cc2)cc1.Cc1ccc(CC(Cc2ccc(Cc3ccc(-c4ccc(C)s4)s3)cc2)C(C)(C)C)cc1. The number of benzene rings is 10. The fourth-order valence-electron chi connectivity index (χ4n) is 13.1. The van der Waals surface area contributed by atoms with E-state index in [2.05, 4.69) is 430 Å². The van der Waals surface area contributed by atoms with Crippen LogP contribution in [-0.2, 0) is 32.1 Å². The zero-order chi connectivity index (χ0) is 78.3. The average Bonchev–Trinajstić information content (AvgIpc) is 1.66. The Bertz CT molecular complexity index is 5100. The molecule has 2 atom stereocenters. The molecule has 14 aromatic rings. The number of aryl methyl sites for hydroxylation is 7. The Labute approximate surface area is 681 Å². The van der Waals surface area contributed by atoms with E-state index in [-0.39, 0.29) is 10.8 Å². The molecule has 0 aliphatic heterocycles. The zero-order valence-corrected chi connectivity index (χ0v) is 70.9. The molecule has 4 aromatic heterocycles. The van der Waals surface area contributed by atoms with E-state index in [1.807, 2.05) is 52.3 Å². The molecule has 0 saturated heterocycles. The number of hydrogen-bond donors (Lipinski definition) is 0. The Kier molecular flexibility index (Phi) is 29.3. The lowest BCUT2D eigenvalue weighted by Crippen LogP contribution is -2.25. The molecule has 0 nitrogen and oxygen atoms in total. The molecule has 562 valence electrons. The first kappa shape index (κ1) is 81.9. The minimum absolute atomic E-state index is 0.266. The van der Waals surface area contributed by atoms with E-state index in [4.69, 9.17) is 0 Å². The summed E-state index contributed by atoms with van der Waals surface area (Å²) in [6.07, 6.45) is 22.7. The van der Waals surface area contributed by atoms with Crippen LogP contribution in [0.25, 0.3) is 82.9 Å². The van der Waals surface area contributed by atoms with Crippen LogP contribution < -0.4 is 0 Å². The Morgan fingerprint density at radius 2 is 0.468 bits per heavy atom. The normalized spacial score (nSPS) is 12.2. The molecule has 4 heterocycles. The molecule has 10 aromatic carbocycles. The first-order valence-electron chi connectivity index (χ1n) is 39.3. The predicted molar refractivity (Wildman–Crippen MR) is 496 cm³/mol. The van der Waals surface area contributed by atoms with Gasteiger partial charge in [-0.05, 0) is 230 Å². The van der Waals surface area contributed by atoms with Crippen LogP contribution >= 0.6 is 45.3 Å². The smallest absolute Gasteiger partial charge is 0.0449 e. The lowest BCUT2D eigenvalue weighted by atomic mass is 9.74. The second-order valence-corrected chi connectivity index (χ2v) is 36.7. The monoisotopic (exact) mass is 1520 g/mol. The summed E-state index contributed by atoms with van der Waals surface area (Å²) in [4.78, 5) is 10.9.